The summed E-state index contributed by atoms with van der Waals surface area (Å²) in [5, 5.41) is 17.6. The summed E-state index contributed by atoms with van der Waals surface area (Å²) in [6, 6.07) is 13.9. The Morgan fingerprint density at radius 3 is 1.82 bits per heavy atom. The van der Waals surface area contributed by atoms with E-state index in [1.54, 1.807) is 12.1 Å². The van der Waals surface area contributed by atoms with Gasteiger partial charge in [-0.25, -0.2) is 0 Å². The van der Waals surface area contributed by atoms with Gasteiger partial charge in [0.05, 0.1) is 4.92 Å². The fraction of sp³-hybridized carbons (Fsp3) is 0. The maximum absolute atomic E-state index is 10.5. The molecule has 0 radical (unpaired) electrons. The van der Waals surface area contributed by atoms with Crippen molar-refractivity contribution in [3.63, 3.8) is 0 Å². The highest BCUT2D eigenvalue weighted by Gasteiger charge is 2.04. The van der Waals surface area contributed by atoms with Gasteiger partial charge in [-0.2, -0.15) is 0 Å². The van der Waals surface area contributed by atoms with Crippen LogP contribution in [-0.2, 0) is 0 Å². The predicted molar refractivity (Wildman–Crippen MR) is 66.4 cm³/mol. The van der Waals surface area contributed by atoms with Gasteiger partial charge in [-0.3, -0.25) is 10.1 Å². The van der Waals surface area contributed by atoms with Crippen molar-refractivity contribution >= 4 is 11.9 Å². The first-order valence-electron chi connectivity index (χ1n) is 5.06. The summed E-state index contributed by atoms with van der Waals surface area (Å²) in [5.41, 5.74) is 2.82. The maximum Gasteiger partial charge on any atom is 0.269 e. The molecule has 0 atom stereocenters. The van der Waals surface area contributed by atoms with Gasteiger partial charge in [0.15, 0.2) is 0 Å². The summed E-state index contributed by atoms with van der Waals surface area (Å²) < 4.78 is 0. The van der Waals surface area contributed by atoms with Crippen LogP contribution in [0.3, 0.4) is 0 Å². The van der Waals surface area contributed by atoms with E-state index in [1.165, 1.54) is 18.3 Å². The first kappa shape index (κ1) is 11.0. The Kier molecular flexibility index (Phi) is 2.96. The van der Waals surface area contributed by atoms with Gasteiger partial charge in [-0.15, -0.1) is 0 Å². The summed E-state index contributed by atoms with van der Waals surface area (Å²) >= 11 is 0. The van der Waals surface area contributed by atoms with Gasteiger partial charge >= 0.3 is 0 Å². The zero-order valence-electron chi connectivity index (χ0n) is 8.96. The molecule has 0 aromatic heterocycles. The number of nitrogens with zero attached hydrogens (tertiary/aromatic N) is 1. The van der Waals surface area contributed by atoms with Gasteiger partial charge in [0, 0.05) is 18.3 Å². The molecule has 0 fully saturated rings. The van der Waals surface area contributed by atoms with Crippen molar-refractivity contribution in [2.75, 3.05) is 0 Å². The molecular weight excluding hydrogens is 216 g/mol. The number of nitrogens with one attached hydrogen (secondary N) is 1. The Morgan fingerprint density at radius 1 is 0.941 bits per heavy atom. The third-order valence-corrected chi connectivity index (χ3v) is 2.49. The molecule has 0 spiro atoms. The standard InChI is InChI=1S/C13H10N2O2/c14-9-10-1-3-11(4-2-10)12-5-7-13(8-6-12)15(16)17/h1-9,14H. The number of rotatable bonds is 3. The van der Waals surface area contributed by atoms with E-state index in [-0.39, 0.29) is 5.69 Å². The first-order valence-corrected chi connectivity index (χ1v) is 5.06. The quantitative estimate of drug-likeness (QED) is 0.496. The molecule has 0 heterocycles. The summed E-state index contributed by atoms with van der Waals surface area (Å²) in [4.78, 5) is 10.1. The molecule has 0 aliphatic rings. The van der Waals surface area contributed by atoms with Crippen molar-refractivity contribution in [1.82, 2.24) is 0 Å². The lowest BCUT2D eigenvalue weighted by Gasteiger charge is -2.01. The number of benzene rings is 2. The molecule has 0 amide bonds. The molecule has 2 rings (SSSR count). The summed E-state index contributed by atoms with van der Waals surface area (Å²) in [6.45, 7) is 0. The van der Waals surface area contributed by atoms with Gasteiger partial charge in [0.25, 0.3) is 5.69 Å². The van der Waals surface area contributed by atoms with Crippen LogP contribution in [0.25, 0.3) is 11.1 Å². The van der Waals surface area contributed by atoms with Crippen LogP contribution >= 0.6 is 0 Å². The number of hydrogen-bond acceptors (Lipinski definition) is 3. The van der Waals surface area contributed by atoms with Crippen LogP contribution in [-0.4, -0.2) is 11.1 Å². The molecule has 0 saturated heterocycles. The Hall–Kier alpha value is -2.49. The highest BCUT2D eigenvalue weighted by Crippen LogP contribution is 2.22. The molecule has 4 nitrogen and oxygen atoms in total. The Bertz CT molecular complexity index is 545. The van der Waals surface area contributed by atoms with Crippen molar-refractivity contribution in [3.8, 4) is 11.1 Å². The van der Waals surface area contributed by atoms with Gasteiger partial charge in [0.2, 0.25) is 0 Å². The second-order valence-electron chi connectivity index (χ2n) is 3.57. The smallest absolute Gasteiger partial charge is 0.269 e. The van der Waals surface area contributed by atoms with Crippen molar-refractivity contribution in [3.05, 3.63) is 64.2 Å². The number of non-ortho nitro benzene ring substituents is 1. The third kappa shape index (κ3) is 2.36. The molecular formula is C13H10N2O2. The molecule has 0 aliphatic carbocycles. The lowest BCUT2D eigenvalue weighted by molar-refractivity contribution is -0.384. The molecule has 4 heteroatoms. The van der Waals surface area contributed by atoms with Crippen LogP contribution in [0.1, 0.15) is 5.56 Å². The van der Waals surface area contributed by atoms with Crippen LogP contribution in [0.15, 0.2) is 48.5 Å². The molecule has 2 aromatic carbocycles. The summed E-state index contributed by atoms with van der Waals surface area (Å²) in [5.74, 6) is 0. The topological polar surface area (TPSA) is 67.0 Å². The Labute approximate surface area is 98.2 Å². The molecule has 1 N–H and O–H groups in total. The third-order valence-electron chi connectivity index (χ3n) is 2.49. The molecule has 0 aliphatic heterocycles. The summed E-state index contributed by atoms with van der Waals surface area (Å²) in [6.07, 6.45) is 1.28. The number of hydrogen-bond donors (Lipinski definition) is 1. The molecule has 0 unspecified atom stereocenters. The normalized spacial score (nSPS) is 9.88. The lowest BCUT2D eigenvalue weighted by Crippen LogP contribution is -1.87. The lowest BCUT2D eigenvalue weighted by atomic mass is 10.0. The highest BCUT2D eigenvalue weighted by molar-refractivity contribution is 5.78. The van der Waals surface area contributed by atoms with E-state index >= 15 is 0 Å². The monoisotopic (exact) mass is 226 g/mol. The second kappa shape index (κ2) is 4.57. The van der Waals surface area contributed by atoms with Crippen molar-refractivity contribution in [2.24, 2.45) is 0 Å². The predicted octanol–water partition coefficient (Wildman–Crippen LogP) is 3.26. The minimum Gasteiger partial charge on any atom is -0.308 e. The highest BCUT2D eigenvalue weighted by atomic mass is 16.6. The van der Waals surface area contributed by atoms with Crippen molar-refractivity contribution in [2.45, 2.75) is 0 Å². The van der Waals surface area contributed by atoms with E-state index in [1.807, 2.05) is 24.3 Å². The van der Waals surface area contributed by atoms with Crippen LogP contribution < -0.4 is 0 Å². The van der Waals surface area contributed by atoms with Gasteiger partial charge in [-0.05, 0) is 28.8 Å². The van der Waals surface area contributed by atoms with Gasteiger partial charge in [0.1, 0.15) is 0 Å². The average Bonchev–Trinajstić information content (AvgIpc) is 2.39. The van der Waals surface area contributed by atoms with Crippen LogP contribution in [0.4, 0.5) is 5.69 Å². The zero-order valence-corrected chi connectivity index (χ0v) is 8.96. The van der Waals surface area contributed by atoms with Crippen LogP contribution in [0, 0.1) is 15.5 Å². The SMILES string of the molecule is N=Cc1ccc(-c2ccc([N+](=O)[O-])cc2)cc1. The zero-order chi connectivity index (χ0) is 12.3. The van der Waals surface area contributed by atoms with Gasteiger partial charge < -0.3 is 5.41 Å². The Morgan fingerprint density at radius 2 is 1.41 bits per heavy atom. The summed E-state index contributed by atoms with van der Waals surface area (Å²) in [7, 11) is 0. The van der Waals surface area contributed by atoms with E-state index in [4.69, 9.17) is 5.41 Å². The fourth-order valence-electron chi connectivity index (χ4n) is 1.55. The maximum atomic E-state index is 10.5. The van der Waals surface area contributed by atoms with E-state index < -0.39 is 4.92 Å². The van der Waals surface area contributed by atoms with Crippen molar-refractivity contribution in [1.29, 1.82) is 5.41 Å². The van der Waals surface area contributed by atoms with E-state index in [0.29, 0.717) is 0 Å². The van der Waals surface area contributed by atoms with E-state index in [2.05, 4.69) is 0 Å². The van der Waals surface area contributed by atoms with Crippen molar-refractivity contribution < 1.29 is 4.92 Å². The minimum atomic E-state index is -0.415. The minimum absolute atomic E-state index is 0.0878. The molecule has 17 heavy (non-hydrogen) atoms. The first-order chi connectivity index (χ1) is 8.20. The average molecular weight is 226 g/mol. The van der Waals surface area contributed by atoms with Crippen LogP contribution in [0.5, 0.6) is 0 Å². The molecule has 0 bridgehead atoms. The molecule has 2 aromatic rings. The Balaban J connectivity index is 2.32. The fourth-order valence-corrected chi connectivity index (χ4v) is 1.55. The van der Waals surface area contributed by atoms with Gasteiger partial charge in [-0.1, -0.05) is 24.3 Å². The largest absolute Gasteiger partial charge is 0.308 e. The second-order valence-corrected chi connectivity index (χ2v) is 3.57. The van der Waals surface area contributed by atoms with E-state index in [0.717, 1.165) is 16.7 Å². The van der Waals surface area contributed by atoms with Crippen LogP contribution in [0.2, 0.25) is 0 Å². The molecule has 84 valence electrons. The number of nitro groups is 1. The molecule has 0 saturated carbocycles. The van der Waals surface area contributed by atoms with E-state index in [9.17, 15) is 10.1 Å². The number of nitro benzene ring substituents is 1.